The average Bonchev–Trinajstić information content (AvgIpc) is 3.03. The Morgan fingerprint density at radius 3 is 2.88 bits per heavy atom. The monoisotopic (exact) mass is 371 g/mol. The van der Waals surface area contributed by atoms with Gasteiger partial charge in [0.15, 0.2) is 6.10 Å². The molecule has 3 aromatic rings. The number of carbonyl (C=O) groups is 1. The Morgan fingerprint density at radius 2 is 2.12 bits per heavy atom. The molecule has 0 spiro atoms. The Bertz CT molecular complexity index is 874. The van der Waals surface area contributed by atoms with E-state index in [1.165, 1.54) is 0 Å². The van der Waals surface area contributed by atoms with Crippen LogP contribution in [0.5, 0.6) is 5.75 Å². The van der Waals surface area contributed by atoms with E-state index in [0.29, 0.717) is 17.3 Å². The number of nitrogens with one attached hydrogen (secondary N) is 2. The number of benzene rings is 2. The van der Waals surface area contributed by atoms with Gasteiger partial charge < -0.3 is 15.0 Å². The maximum atomic E-state index is 12.2. The SMILES string of the molecule is Cc1cc(Cl)ccc1OC(C)C(=O)NCCCc1nc2ccccc2[nH]1. The number of fused-ring (bicyclic) bond motifs is 1. The Labute approximate surface area is 157 Å². The number of rotatable bonds is 7. The molecule has 136 valence electrons. The summed E-state index contributed by atoms with van der Waals surface area (Å²) in [7, 11) is 0. The first-order valence-electron chi connectivity index (χ1n) is 8.67. The molecule has 0 aliphatic carbocycles. The van der Waals surface area contributed by atoms with Crippen LogP contribution in [-0.4, -0.2) is 28.5 Å². The first-order chi connectivity index (χ1) is 12.5. The van der Waals surface area contributed by atoms with Gasteiger partial charge in [-0.3, -0.25) is 4.79 Å². The van der Waals surface area contributed by atoms with E-state index in [-0.39, 0.29) is 5.91 Å². The first kappa shape index (κ1) is 18.3. The lowest BCUT2D eigenvalue weighted by Gasteiger charge is -2.16. The number of aryl methyl sites for hydroxylation is 2. The summed E-state index contributed by atoms with van der Waals surface area (Å²) in [5, 5.41) is 3.56. The highest BCUT2D eigenvalue weighted by molar-refractivity contribution is 6.30. The molecular weight excluding hydrogens is 350 g/mol. The zero-order chi connectivity index (χ0) is 18.5. The molecule has 0 bridgehead atoms. The minimum absolute atomic E-state index is 0.135. The molecule has 2 N–H and O–H groups in total. The predicted molar refractivity (Wildman–Crippen MR) is 104 cm³/mol. The number of aromatic nitrogens is 2. The van der Waals surface area contributed by atoms with Gasteiger partial charge in [0.25, 0.3) is 5.91 Å². The molecule has 0 aliphatic rings. The number of halogens is 1. The highest BCUT2D eigenvalue weighted by atomic mass is 35.5. The quantitative estimate of drug-likeness (QED) is 0.616. The number of nitrogens with zero attached hydrogens (tertiary/aromatic N) is 1. The molecule has 1 unspecified atom stereocenters. The number of H-pyrrole nitrogens is 1. The number of hydrogen-bond acceptors (Lipinski definition) is 3. The maximum Gasteiger partial charge on any atom is 0.260 e. The Balaban J connectivity index is 1.44. The Morgan fingerprint density at radius 1 is 1.31 bits per heavy atom. The normalized spacial score (nSPS) is 12.1. The summed E-state index contributed by atoms with van der Waals surface area (Å²) < 4.78 is 5.73. The summed E-state index contributed by atoms with van der Waals surface area (Å²) >= 11 is 5.93. The van der Waals surface area contributed by atoms with Crippen molar-refractivity contribution in [3.05, 3.63) is 58.9 Å². The standard InChI is InChI=1S/C20H22ClN3O2/c1-13-12-15(21)9-10-18(13)26-14(2)20(25)22-11-5-8-19-23-16-6-3-4-7-17(16)24-19/h3-4,6-7,9-10,12,14H,5,8,11H2,1-2H3,(H,22,25)(H,23,24). The van der Waals surface area contributed by atoms with E-state index in [9.17, 15) is 4.79 Å². The lowest BCUT2D eigenvalue weighted by atomic mass is 10.2. The minimum atomic E-state index is -0.568. The van der Waals surface area contributed by atoms with Crippen LogP contribution in [-0.2, 0) is 11.2 Å². The second-order valence-electron chi connectivity index (χ2n) is 6.27. The van der Waals surface area contributed by atoms with E-state index in [1.807, 2.05) is 37.3 Å². The van der Waals surface area contributed by atoms with Crippen LogP contribution >= 0.6 is 11.6 Å². The van der Waals surface area contributed by atoms with Crippen LogP contribution in [0.2, 0.25) is 5.02 Å². The predicted octanol–water partition coefficient (Wildman–Crippen LogP) is 4.04. The van der Waals surface area contributed by atoms with Crippen molar-refractivity contribution in [2.45, 2.75) is 32.8 Å². The van der Waals surface area contributed by atoms with Gasteiger partial charge >= 0.3 is 0 Å². The molecule has 1 amide bonds. The number of carbonyl (C=O) groups excluding carboxylic acids is 1. The molecular formula is C20H22ClN3O2. The second-order valence-corrected chi connectivity index (χ2v) is 6.70. The fourth-order valence-electron chi connectivity index (χ4n) is 2.72. The highest BCUT2D eigenvalue weighted by Gasteiger charge is 2.15. The van der Waals surface area contributed by atoms with Crippen molar-refractivity contribution in [1.82, 2.24) is 15.3 Å². The molecule has 26 heavy (non-hydrogen) atoms. The lowest BCUT2D eigenvalue weighted by Crippen LogP contribution is -2.37. The molecule has 6 heteroatoms. The third-order valence-corrected chi connectivity index (χ3v) is 4.37. The number of imidazole rings is 1. The van der Waals surface area contributed by atoms with E-state index in [4.69, 9.17) is 16.3 Å². The lowest BCUT2D eigenvalue weighted by molar-refractivity contribution is -0.127. The van der Waals surface area contributed by atoms with Gasteiger partial charge in [-0.25, -0.2) is 4.98 Å². The smallest absolute Gasteiger partial charge is 0.260 e. The van der Waals surface area contributed by atoms with Crippen LogP contribution < -0.4 is 10.1 Å². The van der Waals surface area contributed by atoms with Crippen LogP contribution in [0.15, 0.2) is 42.5 Å². The molecule has 0 saturated carbocycles. The summed E-state index contributed by atoms with van der Waals surface area (Å²) in [4.78, 5) is 20.0. The number of para-hydroxylation sites is 2. The van der Waals surface area contributed by atoms with Crippen LogP contribution in [0.1, 0.15) is 24.7 Å². The van der Waals surface area contributed by atoms with Crippen molar-refractivity contribution in [1.29, 1.82) is 0 Å². The molecule has 1 heterocycles. The van der Waals surface area contributed by atoms with Crippen LogP contribution in [0.25, 0.3) is 11.0 Å². The largest absolute Gasteiger partial charge is 0.481 e. The zero-order valence-electron chi connectivity index (χ0n) is 14.9. The average molecular weight is 372 g/mol. The van der Waals surface area contributed by atoms with E-state index in [2.05, 4.69) is 15.3 Å². The van der Waals surface area contributed by atoms with Gasteiger partial charge in [0.1, 0.15) is 11.6 Å². The number of ether oxygens (including phenoxy) is 1. The molecule has 5 nitrogen and oxygen atoms in total. The van der Waals surface area contributed by atoms with Crippen LogP contribution in [0.4, 0.5) is 0 Å². The molecule has 3 rings (SSSR count). The Kier molecular flexibility index (Phi) is 5.78. The van der Waals surface area contributed by atoms with E-state index >= 15 is 0 Å². The molecule has 0 fully saturated rings. The summed E-state index contributed by atoms with van der Waals surface area (Å²) in [6.45, 7) is 4.21. The molecule has 0 aliphatic heterocycles. The van der Waals surface area contributed by atoms with Crippen molar-refractivity contribution in [3.63, 3.8) is 0 Å². The van der Waals surface area contributed by atoms with E-state index < -0.39 is 6.10 Å². The van der Waals surface area contributed by atoms with Gasteiger partial charge in [-0.1, -0.05) is 23.7 Å². The third-order valence-electron chi connectivity index (χ3n) is 4.14. The van der Waals surface area contributed by atoms with Gasteiger partial charge in [0.05, 0.1) is 11.0 Å². The first-order valence-corrected chi connectivity index (χ1v) is 9.05. The van der Waals surface area contributed by atoms with E-state index in [1.54, 1.807) is 19.1 Å². The Hall–Kier alpha value is -2.53. The summed E-state index contributed by atoms with van der Waals surface area (Å²) in [5.74, 6) is 1.46. The summed E-state index contributed by atoms with van der Waals surface area (Å²) in [5.41, 5.74) is 2.90. The number of hydrogen-bond donors (Lipinski definition) is 2. The van der Waals surface area contributed by atoms with Gasteiger partial charge in [-0.15, -0.1) is 0 Å². The number of amides is 1. The topological polar surface area (TPSA) is 67.0 Å². The third kappa shape index (κ3) is 4.55. The molecule has 1 aromatic heterocycles. The number of aromatic amines is 1. The van der Waals surface area contributed by atoms with Crippen molar-refractivity contribution in [2.75, 3.05) is 6.54 Å². The minimum Gasteiger partial charge on any atom is -0.481 e. The summed E-state index contributed by atoms with van der Waals surface area (Å²) in [6.07, 6.45) is 1.01. The molecule has 1 atom stereocenters. The van der Waals surface area contributed by atoms with E-state index in [0.717, 1.165) is 35.3 Å². The zero-order valence-corrected chi connectivity index (χ0v) is 15.6. The fourth-order valence-corrected chi connectivity index (χ4v) is 2.95. The maximum absolute atomic E-state index is 12.2. The molecule has 0 saturated heterocycles. The highest BCUT2D eigenvalue weighted by Crippen LogP contribution is 2.22. The van der Waals surface area contributed by atoms with Crippen molar-refractivity contribution in [2.24, 2.45) is 0 Å². The summed E-state index contributed by atoms with van der Waals surface area (Å²) in [6, 6.07) is 13.3. The van der Waals surface area contributed by atoms with Crippen LogP contribution in [0, 0.1) is 6.92 Å². The fraction of sp³-hybridized carbons (Fsp3) is 0.300. The van der Waals surface area contributed by atoms with Crippen molar-refractivity contribution in [3.8, 4) is 5.75 Å². The van der Waals surface area contributed by atoms with Crippen molar-refractivity contribution >= 4 is 28.5 Å². The van der Waals surface area contributed by atoms with Gasteiger partial charge in [0.2, 0.25) is 0 Å². The van der Waals surface area contributed by atoms with Gasteiger partial charge in [-0.2, -0.15) is 0 Å². The van der Waals surface area contributed by atoms with Crippen molar-refractivity contribution < 1.29 is 9.53 Å². The van der Waals surface area contributed by atoms with Gasteiger partial charge in [-0.05, 0) is 56.2 Å². The molecule has 2 aromatic carbocycles. The van der Waals surface area contributed by atoms with Gasteiger partial charge in [0, 0.05) is 18.0 Å². The molecule has 0 radical (unpaired) electrons. The van der Waals surface area contributed by atoms with Crippen LogP contribution in [0.3, 0.4) is 0 Å². The second kappa shape index (κ2) is 8.23.